The molecule has 7 atom stereocenters. The molecule has 0 aromatic carbocycles. The summed E-state index contributed by atoms with van der Waals surface area (Å²) in [5.41, 5.74) is 5.53. The largest absolute Gasteiger partial charge is 0.379 e. The van der Waals surface area contributed by atoms with E-state index in [9.17, 15) is 19.2 Å². The van der Waals surface area contributed by atoms with Gasteiger partial charge in [0.05, 0.1) is 49.2 Å². The lowest BCUT2D eigenvalue weighted by atomic mass is 9.90. The number of hydrogen-bond acceptors (Lipinski definition) is 7. The minimum Gasteiger partial charge on any atom is -0.379 e. The van der Waals surface area contributed by atoms with Crippen LogP contribution in [0.1, 0.15) is 80.6 Å². The Morgan fingerprint density at radius 1 is 1.05 bits per heavy atom. The van der Waals surface area contributed by atoms with Crippen molar-refractivity contribution in [3.63, 3.8) is 0 Å². The van der Waals surface area contributed by atoms with E-state index in [4.69, 9.17) is 15.2 Å². The number of nitrogens with one attached hydrogen (secondary N) is 2. The van der Waals surface area contributed by atoms with Gasteiger partial charge in [-0.1, -0.05) is 61.3 Å². The van der Waals surface area contributed by atoms with E-state index in [1.54, 1.807) is 37.9 Å². The summed E-state index contributed by atoms with van der Waals surface area (Å²) < 4.78 is 11.4. The first-order valence-corrected chi connectivity index (χ1v) is 15.1. The molecule has 0 spiro atoms. The molecule has 4 N–H and O–H groups in total. The van der Waals surface area contributed by atoms with E-state index < -0.39 is 30.1 Å². The fraction of sp³-hybridized carbons (Fsp3) is 0.867. The molecule has 1 saturated heterocycles. The molecule has 1 aliphatic heterocycles. The number of rotatable bonds is 16. The molecule has 4 amide bonds. The first-order chi connectivity index (χ1) is 19.3. The second kappa shape index (κ2) is 19.8. The van der Waals surface area contributed by atoms with Crippen LogP contribution < -0.4 is 16.4 Å². The van der Waals surface area contributed by atoms with Crippen molar-refractivity contribution in [2.75, 3.05) is 41.4 Å². The fourth-order valence-corrected chi connectivity index (χ4v) is 5.50. The van der Waals surface area contributed by atoms with Gasteiger partial charge in [-0.05, 0) is 31.7 Å². The molecule has 1 fully saturated rings. The first-order valence-electron chi connectivity index (χ1n) is 15.1. The van der Waals surface area contributed by atoms with Crippen molar-refractivity contribution in [1.29, 1.82) is 0 Å². The van der Waals surface area contributed by atoms with Crippen LogP contribution in [0.2, 0.25) is 0 Å². The number of primary amides is 1. The van der Waals surface area contributed by atoms with Crippen molar-refractivity contribution in [3.8, 4) is 0 Å². The van der Waals surface area contributed by atoms with Gasteiger partial charge in [0.2, 0.25) is 23.6 Å². The topological polar surface area (TPSA) is 143 Å². The molecular weight excluding hydrogens is 526 g/mol. The van der Waals surface area contributed by atoms with Crippen molar-refractivity contribution >= 4 is 23.6 Å². The highest BCUT2D eigenvalue weighted by atomic mass is 16.5. The van der Waals surface area contributed by atoms with Gasteiger partial charge in [0.15, 0.2) is 0 Å². The van der Waals surface area contributed by atoms with Gasteiger partial charge in [-0.2, -0.15) is 0 Å². The first kappa shape index (κ1) is 38.8. The minimum atomic E-state index is -0.557. The Balaban J connectivity index is 0.00000509. The zero-order valence-corrected chi connectivity index (χ0v) is 27.5. The molecule has 1 heterocycles. The van der Waals surface area contributed by atoms with Crippen LogP contribution in [-0.4, -0.2) is 105 Å². The Kier molecular flexibility index (Phi) is 18.7. The zero-order valence-electron chi connectivity index (χ0n) is 27.5. The quantitative estimate of drug-likeness (QED) is 0.252. The van der Waals surface area contributed by atoms with E-state index in [0.29, 0.717) is 6.54 Å². The predicted molar refractivity (Wildman–Crippen MR) is 162 cm³/mol. The van der Waals surface area contributed by atoms with Crippen LogP contribution in [0.4, 0.5) is 0 Å². The Hall–Kier alpha value is -2.24. The van der Waals surface area contributed by atoms with E-state index in [1.165, 1.54) is 13.5 Å². The molecule has 41 heavy (non-hydrogen) atoms. The third kappa shape index (κ3) is 11.5. The molecule has 11 heteroatoms. The molecule has 0 saturated carbocycles. The second-order valence-electron chi connectivity index (χ2n) is 11.5. The van der Waals surface area contributed by atoms with Crippen molar-refractivity contribution in [3.05, 3.63) is 0 Å². The van der Waals surface area contributed by atoms with Gasteiger partial charge in [0.25, 0.3) is 0 Å². The summed E-state index contributed by atoms with van der Waals surface area (Å²) in [6, 6.07) is -1.04. The molecule has 0 bridgehead atoms. The molecule has 1 rings (SSSR count). The maximum atomic E-state index is 13.5. The van der Waals surface area contributed by atoms with E-state index in [-0.39, 0.29) is 54.6 Å². The van der Waals surface area contributed by atoms with Crippen LogP contribution >= 0.6 is 0 Å². The standard InChI is InChI=1S/C27H51N5O6.C3H8/c1-10-17(4)24(31(7)22(34)15-30-27(36)23(29-6)16(2)3)20(37-8)14-21(33)32-13-11-12-19(32)25(38-9)18(5)26(28)35;1-3-2/h16-20,23-25,29H,10-15H2,1-9H3,(H2,28,35)(H,30,36);3H2,1-2H3/t17?,18-,19+,20?,23?,24?,25?;/m1./s1. The summed E-state index contributed by atoms with van der Waals surface area (Å²) in [5.74, 6) is -1.51. The Bertz CT molecular complexity index is 810. The molecule has 0 radical (unpaired) electrons. The number of nitrogens with zero attached hydrogens (tertiary/aromatic N) is 2. The van der Waals surface area contributed by atoms with Gasteiger partial charge >= 0.3 is 0 Å². The molecule has 240 valence electrons. The lowest BCUT2D eigenvalue weighted by Gasteiger charge is -2.39. The fourth-order valence-electron chi connectivity index (χ4n) is 5.50. The summed E-state index contributed by atoms with van der Waals surface area (Å²) in [7, 11) is 6.48. The van der Waals surface area contributed by atoms with Crippen LogP contribution in [0.5, 0.6) is 0 Å². The number of nitrogens with two attached hydrogens (primary N) is 1. The highest BCUT2D eigenvalue weighted by Gasteiger charge is 2.41. The van der Waals surface area contributed by atoms with E-state index in [0.717, 1.165) is 19.3 Å². The average Bonchev–Trinajstić information content (AvgIpc) is 3.41. The number of likely N-dealkylation sites (tertiary alicyclic amines) is 1. The smallest absolute Gasteiger partial charge is 0.242 e. The minimum absolute atomic E-state index is 0.0362. The highest BCUT2D eigenvalue weighted by Crippen LogP contribution is 2.29. The van der Waals surface area contributed by atoms with Gasteiger partial charge in [0, 0.05) is 27.8 Å². The van der Waals surface area contributed by atoms with Gasteiger partial charge in [-0.3, -0.25) is 19.2 Å². The number of carbonyl (C=O) groups excluding carboxylic acids is 4. The number of hydrogen-bond donors (Lipinski definition) is 3. The summed E-state index contributed by atoms with van der Waals surface area (Å²) in [6.45, 7) is 14.3. The SMILES string of the molecule is CCC.CCC(C)C(C(CC(=O)N1CCC[C@H]1C(OC)[C@@H](C)C(N)=O)OC)N(C)C(=O)CNC(=O)C(NC)C(C)C. The van der Waals surface area contributed by atoms with Gasteiger partial charge < -0.3 is 35.6 Å². The number of amides is 4. The number of ether oxygens (including phenoxy) is 2. The normalized spacial score (nSPS) is 19.3. The predicted octanol–water partition coefficient (Wildman–Crippen LogP) is 2.17. The van der Waals surface area contributed by atoms with Crippen LogP contribution in [0, 0.1) is 17.8 Å². The summed E-state index contributed by atoms with van der Waals surface area (Å²) in [6.07, 6.45) is 2.56. The highest BCUT2D eigenvalue weighted by molar-refractivity contribution is 5.87. The van der Waals surface area contributed by atoms with Gasteiger partial charge in [0.1, 0.15) is 0 Å². The third-order valence-corrected chi connectivity index (χ3v) is 8.01. The summed E-state index contributed by atoms with van der Waals surface area (Å²) in [5, 5.41) is 5.71. The summed E-state index contributed by atoms with van der Waals surface area (Å²) in [4.78, 5) is 54.4. The Morgan fingerprint density at radius 2 is 1.63 bits per heavy atom. The van der Waals surface area contributed by atoms with Crippen molar-refractivity contribution < 1.29 is 28.7 Å². The lowest BCUT2D eigenvalue weighted by Crippen LogP contribution is -2.55. The van der Waals surface area contributed by atoms with Gasteiger partial charge in [-0.15, -0.1) is 0 Å². The molecule has 0 aromatic heterocycles. The summed E-state index contributed by atoms with van der Waals surface area (Å²) >= 11 is 0. The van der Waals surface area contributed by atoms with Crippen LogP contribution in [0.25, 0.3) is 0 Å². The van der Waals surface area contributed by atoms with E-state index in [2.05, 4.69) is 24.5 Å². The molecule has 1 aliphatic rings. The molecular formula is C30H59N5O6. The number of likely N-dealkylation sites (N-methyl/N-ethyl adjacent to an activating group) is 2. The molecule has 5 unspecified atom stereocenters. The third-order valence-electron chi connectivity index (χ3n) is 8.01. The average molecular weight is 586 g/mol. The molecule has 0 aromatic rings. The molecule has 11 nitrogen and oxygen atoms in total. The van der Waals surface area contributed by atoms with Crippen LogP contribution in [0.3, 0.4) is 0 Å². The zero-order chi connectivity index (χ0) is 31.9. The molecule has 0 aliphatic carbocycles. The Labute approximate surface area is 248 Å². The van der Waals surface area contributed by atoms with Crippen LogP contribution in [0.15, 0.2) is 0 Å². The number of methoxy groups -OCH3 is 2. The lowest BCUT2D eigenvalue weighted by molar-refractivity contribution is -0.145. The van der Waals surface area contributed by atoms with E-state index >= 15 is 0 Å². The monoisotopic (exact) mass is 585 g/mol. The van der Waals surface area contributed by atoms with Crippen molar-refractivity contribution in [1.82, 2.24) is 20.4 Å². The second-order valence-corrected chi connectivity index (χ2v) is 11.5. The van der Waals surface area contributed by atoms with Crippen molar-refractivity contribution in [2.24, 2.45) is 23.5 Å². The number of carbonyl (C=O) groups is 4. The van der Waals surface area contributed by atoms with E-state index in [1.807, 2.05) is 27.7 Å². The maximum Gasteiger partial charge on any atom is 0.242 e. The van der Waals surface area contributed by atoms with Crippen LogP contribution in [-0.2, 0) is 28.7 Å². The Morgan fingerprint density at radius 3 is 2.07 bits per heavy atom. The van der Waals surface area contributed by atoms with Gasteiger partial charge in [-0.25, -0.2) is 0 Å². The maximum absolute atomic E-state index is 13.5. The van der Waals surface area contributed by atoms with Crippen molar-refractivity contribution in [2.45, 2.75) is 111 Å².